The molecule has 0 aromatic carbocycles. The largest absolute Gasteiger partial charge is 0.330 e. The number of amides is 2. The first-order valence-corrected chi connectivity index (χ1v) is 6.18. The molecular weight excluding hydrogens is 240 g/mol. The van der Waals surface area contributed by atoms with Gasteiger partial charge in [-0.15, -0.1) is 11.3 Å². The molecule has 0 fully saturated rings. The third kappa shape index (κ3) is 5.41. The molecule has 1 aromatic heterocycles. The van der Waals surface area contributed by atoms with Crippen molar-refractivity contribution in [1.82, 2.24) is 15.8 Å². The Hall–Kier alpha value is -1.47. The van der Waals surface area contributed by atoms with Crippen molar-refractivity contribution >= 4 is 23.2 Å². The Morgan fingerprint density at radius 3 is 2.88 bits per heavy atom. The van der Waals surface area contributed by atoms with Crippen LogP contribution in [0.2, 0.25) is 0 Å². The summed E-state index contributed by atoms with van der Waals surface area (Å²) in [4.78, 5) is 26.2. The van der Waals surface area contributed by atoms with Crippen LogP contribution in [0.1, 0.15) is 24.0 Å². The van der Waals surface area contributed by atoms with Crippen molar-refractivity contribution in [3.63, 3.8) is 0 Å². The molecule has 0 bridgehead atoms. The zero-order valence-electron chi connectivity index (χ0n) is 9.66. The fourth-order valence-corrected chi connectivity index (χ4v) is 2.00. The molecule has 0 aliphatic rings. The number of hydrogen-bond acceptors (Lipinski definition) is 5. The second-order valence-electron chi connectivity index (χ2n) is 3.53. The van der Waals surface area contributed by atoms with E-state index in [1.54, 1.807) is 0 Å². The summed E-state index contributed by atoms with van der Waals surface area (Å²) in [6.45, 7) is 1.96. The van der Waals surface area contributed by atoms with Gasteiger partial charge in [0, 0.05) is 18.7 Å². The summed E-state index contributed by atoms with van der Waals surface area (Å²) in [5.41, 5.74) is 10.6. The number of nitrogens with two attached hydrogens (primary N) is 1. The van der Waals surface area contributed by atoms with E-state index in [2.05, 4.69) is 15.8 Å². The predicted molar refractivity (Wildman–Crippen MR) is 65.2 cm³/mol. The van der Waals surface area contributed by atoms with Crippen LogP contribution in [0.25, 0.3) is 0 Å². The van der Waals surface area contributed by atoms with Crippen molar-refractivity contribution in [2.75, 3.05) is 6.54 Å². The highest BCUT2D eigenvalue weighted by molar-refractivity contribution is 7.09. The molecule has 1 rings (SSSR count). The summed E-state index contributed by atoms with van der Waals surface area (Å²) < 4.78 is 0. The number of hydrogen-bond donors (Lipinski definition) is 3. The molecule has 0 aliphatic heterocycles. The Bertz CT molecular complexity index is 391. The number of nitrogens with one attached hydrogen (secondary N) is 2. The van der Waals surface area contributed by atoms with E-state index in [1.165, 1.54) is 18.3 Å². The molecule has 0 radical (unpaired) electrons. The molecule has 2 amide bonds. The van der Waals surface area contributed by atoms with Crippen LogP contribution in [0.4, 0.5) is 0 Å². The number of rotatable bonds is 5. The molecular formula is C10H16N4O2S. The normalized spacial score (nSPS) is 10.0. The number of nitrogens with zero attached hydrogens (tertiary/aromatic N) is 1. The first-order chi connectivity index (χ1) is 8.11. The lowest BCUT2D eigenvalue weighted by molar-refractivity contribution is -0.127. The lowest BCUT2D eigenvalue weighted by Crippen LogP contribution is -2.41. The van der Waals surface area contributed by atoms with Crippen molar-refractivity contribution in [1.29, 1.82) is 0 Å². The number of carbonyl (C=O) groups is 2. The van der Waals surface area contributed by atoms with Gasteiger partial charge in [0.15, 0.2) is 0 Å². The molecule has 4 N–H and O–H groups in total. The SMILES string of the molecule is CC(=O)NNC(=O)Cc1csc(CCCN)n1. The third-order valence-electron chi connectivity index (χ3n) is 1.91. The van der Waals surface area contributed by atoms with E-state index in [0.29, 0.717) is 12.2 Å². The molecule has 0 aliphatic carbocycles. The van der Waals surface area contributed by atoms with Crippen LogP contribution in [-0.2, 0) is 22.4 Å². The Labute approximate surface area is 104 Å². The smallest absolute Gasteiger partial charge is 0.244 e. The molecule has 17 heavy (non-hydrogen) atoms. The summed E-state index contributed by atoms with van der Waals surface area (Å²) in [5, 5.41) is 2.83. The zero-order chi connectivity index (χ0) is 12.7. The Kier molecular flexibility index (Phi) is 5.58. The minimum Gasteiger partial charge on any atom is -0.330 e. The molecule has 7 heteroatoms. The quantitative estimate of drug-likeness (QED) is 0.632. The van der Waals surface area contributed by atoms with Crippen molar-refractivity contribution in [2.24, 2.45) is 5.73 Å². The van der Waals surface area contributed by atoms with E-state index in [1.807, 2.05) is 5.38 Å². The van der Waals surface area contributed by atoms with Gasteiger partial charge in [-0.2, -0.15) is 0 Å². The molecule has 0 saturated heterocycles. The molecule has 1 aromatic rings. The first kappa shape index (κ1) is 13.6. The van der Waals surface area contributed by atoms with Crippen molar-refractivity contribution in [2.45, 2.75) is 26.2 Å². The topological polar surface area (TPSA) is 97.1 Å². The van der Waals surface area contributed by atoms with Gasteiger partial charge >= 0.3 is 0 Å². The number of thiazole rings is 1. The highest BCUT2D eigenvalue weighted by Gasteiger charge is 2.07. The van der Waals surface area contributed by atoms with Crippen LogP contribution in [0, 0.1) is 0 Å². The van der Waals surface area contributed by atoms with Crippen LogP contribution in [0.15, 0.2) is 5.38 Å². The van der Waals surface area contributed by atoms with Crippen LogP contribution >= 0.6 is 11.3 Å². The minimum absolute atomic E-state index is 0.166. The van der Waals surface area contributed by atoms with E-state index >= 15 is 0 Å². The summed E-state index contributed by atoms with van der Waals surface area (Å²) in [6.07, 6.45) is 1.90. The molecule has 0 unspecified atom stereocenters. The summed E-state index contributed by atoms with van der Waals surface area (Å²) in [7, 11) is 0. The monoisotopic (exact) mass is 256 g/mol. The third-order valence-corrected chi connectivity index (χ3v) is 2.87. The van der Waals surface area contributed by atoms with Gasteiger partial charge in [-0.05, 0) is 13.0 Å². The van der Waals surface area contributed by atoms with Gasteiger partial charge in [0.1, 0.15) is 0 Å². The Morgan fingerprint density at radius 1 is 1.47 bits per heavy atom. The second-order valence-corrected chi connectivity index (χ2v) is 4.47. The van der Waals surface area contributed by atoms with Crippen LogP contribution in [0.5, 0.6) is 0 Å². The van der Waals surface area contributed by atoms with Crippen molar-refractivity contribution in [3.8, 4) is 0 Å². The minimum atomic E-state index is -0.305. The van der Waals surface area contributed by atoms with E-state index in [4.69, 9.17) is 5.73 Å². The standard InChI is InChI=1S/C10H16N4O2S/c1-7(15)13-14-9(16)5-8-6-17-10(12-8)3-2-4-11/h6H,2-5,11H2,1H3,(H,13,15)(H,14,16). The van der Waals surface area contributed by atoms with E-state index in [0.717, 1.165) is 17.8 Å². The highest BCUT2D eigenvalue weighted by Crippen LogP contribution is 2.11. The summed E-state index contributed by atoms with van der Waals surface area (Å²) >= 11 is 1.52. The summed E-state index contributed by atoms with van der Waals surface area (Å²) in [5.74, 6) is -0.587. The van der Waals surface area contributed by atoms with Crippen LogP contribution in [0.3, 0.4) is 0 Å². The lowest BCUT2D eigenvalue weighted by atomic mass is 10.3. The van der Waals surface area contributed by atoms with Gasteiger partial charge in [-0.3, -0.25) is 20.4 Å². The fourth-order valence-electron chi connectivity index (χ4n) is 1.16. The number of hydrazine groups is 1. The van der Waals surface area contributed by atoms with Gasteiger partial charge < -0.3 is 5.73 Å². The van der Waals surface area contributed by atoms with Crippen molar-refractivity contribution in [3.05, 3.63) is 16.1 Å². The maximum Gasteiger partial charge on any atom is 0.244 e. The fraction of sp³-hybridized carbons (Fsp3) is 0.500. The van der Waals surface area contributed by atoms with E-state index < -0.39 is 0 Å². The molecule has 94 valence electrons. The number of aromatic nitrogens is 1. The van der Waals surface area contributed by atoms with Gasteiger partial charge in [0.05, 0.1) is 17.1 Å². The van der Waals surface area contributed by atoms with E-state index in [-0.39, 0.29) is 18.2 Å². The molecule has 0 spiro atoms. The predicted octanol–water partition coefficient (Wildman–Crippen LogP) is -0.256. The van der Waals surface area contributed by atoms with Crippen LogP contribution < -0.4 is 16.6 Å². The molecule has 1 heterocycles. The van der Waals surface area contributed by atoms with E-state index in [9.17, 15) is 9.59 Å². The number of carbonyl (C=O) groups excluding carboxylic acids is 2. The highest BCUT2D eigenvalue weighted by atomic mass is 32.1. The van der Waals surface area contributed by atoms with Gasteiger partial charge in [-0.1, -0.05) is 0 Å². The zero-order valence-corrected chi connectivity index (χ0v) is 10.5. The average molecular weight is 256 g/mol. The first-order valence-electron chi connectivity index (χ1n) is 5.30. The Balaban J connectivity index is 2.37. The maximum absolute atomic E-state index is 11.4. The second kappa shape index (κ2) is 6.97. The van der Waals surface area contributed by atoms with Gasteiger partial charge in [-0.25, -0.2) is 4.98 Å². The maximum atomic E-state index is 11.4. The molecule has 6 nitrogen and oxygen atoms in total. The molecule has 0 saturated carbocycles. The number of aryl methyl sites for hydroxylation is 1. The molecule has 0 atom stereocenters. The van der Waals surface area contributed by atoms with Gasteiger partial charge in [0.2, 0.25) is 11.8 Å². The van der Waals surface area contributed by atoms with Gasteiger partial charge in [0.25, 0.3) is 0 Å². The van der Waals surface area contributed by atoms with Crippen LogP contribution in [-0.4, -0.2) is 23.3 Å². The van der Waals surface area contributed by atoms with Crippen molar-refractivity contribution < 1.29 is 9.59 Å². The lowest BCUT2D eigenvalue weighted by Gasteiger charge is -2.02. The average Bonchev–Trinajstić information content (AvgIpc) is 2.71. The Morgan fingerprint density at radius 2 is 2.24 bits per heavy atom. The summed E-state index contributed by atoms with van der Waals surface area (Å²) in [6, 6.07) is 0.